The number of hydrogen-bond acceptors (Lipinski definition) is 2. The SMILES string of the molecule is Cc1ccc(C)c(NCCOc2ccc(C(C)(C)C)cc2)c1. The van der Waals surface area contributed by atoms with E-state index in [1.165, 1.54) is 22.4 Å². The van der Waals surface area contributed by atoms with E-state index in [2.05, 4.69) is 82.4 Å². The molecule has 1 N–H and O–H groups in total. The number of ether oxygens (including phenoxy) is 1. The summed E-state index contributed by atoms with van der Waals surface area (Å²) in [6, 6.07) is 14.9. The standard InChI is InChI=1S/C20H27NO/c1-15-6-7-16(2)19(14-15)21-12-13-22-18-10-8-17(9-11-18)20(3,4)5/h6-11,14,21H,12-13H2,1-5H3. The van der Waals surface area contributed by atoms with E-state index < -0.39 is 0 Å². The van der Waals surface area contributed by atoms with Crippen molar-refractivity contribution in [3.63, 3.8) is 0 Å². The van der Waals surface area contributed by atoms with Crippen molar-refractivity contribution in [2.75, 3.05) is 18.5 Å². The lowest BCUT2D eigenvalue weighted by molar-refractivity contribution is 0.332. The third kappa shape index (κ3) is 4.52. The molecule has 22 heavy (non-hydrogen) atoms. The first-order chi connectivity index (χ1) is 10.4. The van der Waals surface area contributed by atoms with Gasteiger partial charge in [0.15, 0.2) is 0 Å². The third-order valence-corrected chi connectivity index (χ3v) is 3.80. The molecule has 2 heteroatoms. The quantitative estimate of drug-likeness (QED) is 0.776. The van der Waals surface area contributed by atoms with Gasteiger partial charge in [-0.25, -0.2) is 0 Å². The normalized spacial score (nSPS) is 11.3. The van der Waals surface area contributed by atoms with Crippen LogP contribution in [0.4, 0.5) is 5.69 Å². The van der Waals surface area contributed by atoms with Crippen LogP contribution in [-0.4, -0.2) is 13.2 Å². The summed E-state index contributed by atoms with van der Waals surface area (Å²) >= 11 is 0. The molecule has 0 aliphatic carbocycles. The van der Waals surface area contributed by atoms with Crippen LogP contribution < -0.4 is 10.1 Å². The number of rotatable bonds is 5. The van der Waals surface area contributed by atoms with E-state index in [0.29, 0.717) is 6.61 Å². The Morgan fingerprint density at radius 3 is 2.27 bits per heavy atom. The molecule has 0 spiro atoms. The maximum absolute atomic E-state index is 5.80. The lowest BCUT2D eigenvalue weighted by atomic mass is 9.87. The van der Waals surface area contributed by atoms with Gasteiger partial charge in [-0.3, -0.25) is 0 Å². The molecule has 0 aliphatic rings. The highest BCUT2D eigenvalue weighted by molar-refractivity contribution is 5.52. The van der Waals surface area contributed by atoms with Gasteiger partial charge in [-0.2, -0.15) is 0 Å². The van der Waals surface area contributed by atoms with Crippen molar-refractivity contribution < 1.29 is 4.74 Å². The number of hydrogen-bond donors (Lipinski definition) is 1. The average molecular weight is 297 g/mol. The third-order valence-electron chi connectivity index (χ3n) is 3.80. The Kier molecular flexibility index (Phi) is 5.12. The molecule has 0 atom stereocenters. The predicted molar refractivity (Wildman–Crippen MR) is 95.0 cm³/mol. The van der Waals surface area contributed by atoms with E-state index in [-0.39, 0.29) is 5.41 Å². The molecule has 0 aromatic heterocycles. The van der Waals surface area contributed by atoms with Crippen molar-refractivity contribution in [1.82, 2.24) is 0 Å². The molecule has 2 aromatic rings. The van der Waals surface area contributed by atoms with Gasteiger partial charge in [-0.05, 0) is 54.2 Å². The maximum atomic E-state index is 5.80. The van der Waals surface area contributed by atoms with Crippen LogP contribution in [0, 0.1) is 13.8 Å². The summed E-state index contributed by atoms with van der Waals surface area (Å²) in [6.45, 7) is 12.3. The molecule has 0 unspecified atom stereocenters. The molecule has 0 saturated heterocycles. The molecular formula is C20H27NO. The van der Waals surface area contributed by atoms with E-state index in [1.54, 1.807) is 0 Å². The molecule has 118 valence electrons. The fourth-order valence-corrected chi connectivity index (χ4v) is 2.33. The van der Waals surface area contributed by atoms with E-state index >= 15 is 0 Å². The van der Waals surface area contributed by atoms with Crippen LogP contribution in [0.25, 0.3) is 0 Å². The summed E-state index contributed by atoms with van der Waals surface area (Å²) in [5, 5.41) is 3.43. The van der Waals surface area contributed by atoms with Crippen molar-refractivity contribution >= 4 is 5.69 Å². The zero-order valence-corrected chi connectivity index (χ0v) is 14.4. The summed E-state index contributed by atoms with van der Waals surface area (Å²) < 4.78 is 5.80. The van der Waals surface area contributed by atoms with Crippen molar-refractivity contribution in [2.45, 2.75) is 40.0 Å². The summed E-state index contributed by atoms with van der Waals surface area (Å²) in [4.78, 5) is 0. The second-order valence-electron chi connectivity index (χ2n) is 6.87. The highest BCUT2D eigenvalue weighted by Gasteiger charge is 2.12. The molecule has 0 radical (unpaired) electrons. The lowest BCUT2D eigenvalue weighted by Crippen LogP contribution is -2.13. The molecule has 0 aliphatic heterocycles. The van der Waals surface area contributed by atoms with Crippen LogP contribution in [0.15, 0.2) is 42.5 Å². The Bertz CT molecular complexity index is 609. The fourth-order valence-electron chi connectivity index (χ4n) is 2.33. The lowest BCUT2D eigenvalue weighted by Gasteiger charge is -2.19. The minimum atomic E-state index is 0.183. The summed E-state index contributed by atoms with van der Waals surface area (Å²) in [5.41, 5.74) is 5.23. The smallest absolute Gasteiger partial charge is 0.119 e. The van der Waals surface area contributed by atoms with E-state index in [0.717, 1.165) is 12.3 Å². The van der Waals surface area contributed by atoms with Gasteiger partial charge in [-0.1, -0.05) is 45.0 Å². The summed E-state index contributed by atoms with van der Waals surface area (Å²) in [7, 11) is 0. The Labute approximate surface area is 134 Å². The predicted octanol–water partition coefficient (Wildman–Crippen LogP) is 5.09. The van der Waals surface area contributed by atoms with Gasteiger partial charge in [0, 0.05) is 12.2 Å². The highest BCUT2D eigenvalue weighted by atomic mass is 16.5. The van der Waals surface area contributed by atoms with Crippen LogP contribution in [0.5, 0.6) is 5.75 Å². The molecule has 0 fully saturated rings. The van der Waals surface area contributed by atoms with E-state index in [4.69, 9.17) is 4.74 Å². The Morgan fingerprint density at radius 1 is 0.955 bits per heavy atom. The Morgan fingerprint density at radius 2 is 1.64 bits per heavy atom. The second kappa shape index (κ2) is 6.87. The zero-order valence-electron chi connectivity index (χ0n) is 14.4. The van der Waals surface area contributed by atoms with Gasteiger partial charge < -0.3 is 10.1 Å². The Hall–Kier alpha value is -1.96. The molecule has 0 saturated carbocycles. The van der Waals surface area contributed by atoms with Crippen molar-refractivity contribution in [3.8, 4) is 5.75 Å². The van der Waals surface area contributed by atoms with E-state index in [9.17, 15) is 0 Å². The second-order valence-corrected chi connectivity index (χ2v) is 6.87. The van der Waals surface area contributed by atoms with Gasteiger partial charge >= 0.3 is 0 Å². The van der Waals surface area contributed by atoms with Gasteiger partial charge in [-0.15, -0.1) is 0 Å². The highest BCUT2D eigenvalue weighted by Crippen LogP contribution is 2.24. The van der Waals surface area contributed by atoms with Gasteiger partial charge in [0.25, 0.3) is 0 Å². The van der Waals surface area contributed by atoms with Crippen molar-refractivity contribution in [3.05, 3.63) is 59.2 Å². The van der Waals surface area contributed by atoms with Gasteiger partial charge in [0.1, 0.15) is 12.4 Å². The molecule has 0 bridgehead atoms. The molecule has 2 rings (SSSR count). The Balaban J connectivity index is 1.83. The minimum absolute atomic E-state index is 0.183. The zero-order chi connectivity index (χ0) is 16.2. The van der Waals surface area contributed by atoms with Crippen LogP contribution in [0.2, 0.25) is 0 Å². The van der Waals surface area contributed by atoms with Gasteiger partial charge in [0.05, 0.1) is 0 Å². The number of aryl methyl sites for hydroxylation is 2. The summed E-state index contributed by atoms with van der Waals surface area (Å²) in [5.74, 6) is 0.927. The molecular weight excluding hydrogens is 270 g/mol. The number of anilines is 1. The first kappa shape index (κ1) is 16.4. The molecule has 0 heterocycles. The van der Waals surface area contributed by atoms with Crippen LogP contribution in [0.3, 0.4) is 0 Å². The summed E-state index contributed by atoms with van der Waals surface area (Å²) in [6.07, 6.45) is 0. The minimum Gasteiger partial charge on any atom is -0.492 e. The van der Waals surface area contributed by atoms with Crippen LogP contribution in [-0.2, 0) is 5.41 Å². The molecule has 2 aromatic carbocycles. The molecule has 0 amide bonds. The van der Waals surface area contributed by atoms with Crippen LogP contribution in [0.1, 0.15) is 37.5 Å². The largest absolute Gasteiger partial charge is 0.492 e. The number of benzene rings is 2. The number of nitrogens with one attached hydrogen (secondary N) is 1. The monoisotopic (exact) mass is 297 g/mol. The van der Waals surface area contributed by atoms with Crippen molar-refractivity contribution in [1.29, 1.82) is 0 Å². The fraction of sp³-hybridized carbons (Fsp3) is 0.400. The topological polar surface area (TPSA) is 21.3 Å². The average Bonchev–Trinajstić information content (AvgIpc) is 2.46. The van der Waals surface area contributed by atoms with Gasteiger partial charge in [0.2, 0.25) is 0 Å². The van der Waals surface area contributed by atoms with Crippen molar-refractivity contribution in [2.24, 2.45) is 0 Å². The van der Waals surface area contributed by atoms with E-state index in [1.807, 2.05) is 0 Å². The first-order valence-corrected chi connectivity index (χ1v) is 7.91. The van der Waals surface area contributed by atoms with Crippen LogP contribution >= 0.6 is 0 Å². The molecule has 2 nitrogen and oxygen atoms in total. The first-order valence-electron chi connectivity index (χ1n) is 7.91. The maximum Gasteiger partial charge on any atom is 0.119 e.